The van der Waals surface area contributed by atoms with Gasteiger partial charge in [-0.1, -0.05) is 29.3 Å². The van der Waals surface area contributed by atoms with Crippen LogP contribution >= 0.6 is 23.2 Å². The van der Waals surface area contributed by atoms with Gasteiger partial charge in [-0.15, -0.1) is 0 Å². The molecule has 0 aliphatic heterocycles. The van der Waals surface area contributed by atoms with E-state index in [-0.39, 0.29) is 23.9 Å². The van der Waals surface area contributed by atoms with Crippen molar-refractivity contribution in [1.29, 1.82) is 0 Å². The second kappa shape index (κ2) is 10.1. The smallest absolute Gasteiger partial charge is 0.254 e. The van der Waals surface area contributed by atoms with E-state index in [0.29, 0.717) is 40.1 Å². The molecule has 8 heteroatoms. The molecule has 0 unspecified atom stereocenters. The number of aromatic nitrogens is 3. The van der Waals surface area contributed by atoms with Crippen LogP contribution in [0.5, 0.6) is 0 Å². The molecule has 162 valence electrons. The van der Waals surface area contributed by atoms with Crippen LogP contribution in [0, 0.1) is 6.92 Å². The quantitative estimate of drug-likeness (QED) is 0.550. The SMILES string of the molecule is Cc1nc(-c2ccncc2)[nH]c(=O)c1CCC(=O)N(Cc1ccc(Cl)c(Cl)c1)C(C)C. The number of nitrogens with zero attached hydrogens (tertiary/aromatic N) is 3. The molecule has 0 spiro atoms. The fourth-order valence-electron chi connectivity index (χ4n) is 3.32. The molecule has 1 amide bonds. The van der Waals surface area contributed by atoms with Crippen molar-refractivity contribution >= 4 is 29.1 Å². The highest BCUT2D eigenvalue weighted by Crippen LogP contribution is 2.24. The summed E-state index contributed by atoms with van der Waals surface area (Å²) in [5.41, 5.74) is 2.58. The van der Waals surface area contributed by atoms with Crippen LogP contribution in [0.15, 0.2) is 47.5 Å². The van der Waals surface area contributed by atoms with Crippen LogP contribution in [0.3, 0.4) is 0 Å². The Hall–Kier alpha value is -2.70. The number of rotatable bonds is 7. The zero-order valence-electron chi connectivity index (χ0n) is 17.7. The summed E-state index contributed by atoms with van der Waals surface area (Å²) in [6, 6.07) is 8.90. The van der Waals surface area contributed by atoms with Crippen molar-refractivity contribution in [2.45, 2.75) is 46.2 Å². The molecule has 31 heavy (non-hydrogen) atoms. The molecule has 0 aliphatic carbocycles. The zero-order chi connectivity index (χ0) is 22.5. The van der Waals surface area contributed by atoms with Crippen molar-refractivity contribution in [3.05, 3.63) is 79.9 Å². The van der Waals surface area contributed by atoms with Gasteiger partial charge in [0.05, 0.1) is 10.0 Å². The molecule has 6 nitrogen and oxygen atoms in total. The molecule has 3 rings (SSSR count). The number of nitrogens with one attached hydrogen (secondary N) is 1. The number of carbonyl (C=O) groups is 1. The number of aromatic amines is 1. The minimum absolute atomic E-state index is 0.00599. The lowest BCUT2D eigenvalue weighted by molar-refractivity contribution is -0.133. The van der Waals surface area contributed by atoms with E-state index >= 15 is 0 Å². The zero-order valence-corrected chi connectivity index (χ0v) is 19.2. The Morgan fingerprint density at radius 1 is 1.13 bits per heavy atom. The third-order valence-electron chi connectivity index (χ3n) is 5.05. The molecule has 0 saturated carbocycles. The summed E-state index contributed by atoms with van der Waals surface area (Å²) >= 11 is 12.1. The van der Waals surface area contributed by atoms with E-state index in [9.17, 15) is 9.59 Å². The van der Waals surface area contributed by atoms with E-state index in [4.69, 9.17) is 23.2 Å². The van der Waals surface area contributed by atoms with Crippen molar-refractivity contribution in [1.82, 2.24) is 19.9 Å². The third kappa shape index (κ3) is 5.71. The first kappa shape index (κ1) is 23.0. The Kier molecular flexibility index (Phi) is 7.46. The first-order valence-corrected chi connectivity index (χ1v) is 10.8. The molecule has 0 saturated heterocycles. The molecule has 0 fully saturated rings. The van der Waals surface area contributed by atoms with Gasteiger partial charge in [-0.2, -0.15) is 0 Å². The highest BCUT2D eigenvalue weighted by atomic mass is 35.5. The van der Waals surface area contributed by atoms with E-state index < -0.39 is 0 Å². The Labute approximate surface area is 191 Å². The van der Waals surface area contributed by atoms with Crippen LogP contribution in [0.25, 0.3) is 11.4 Å². The molecule has 0 atom stereocenters. The first-order valence-electron chi connectivity index (χ1n) is 10.00. The normalized spacial score (nSPS) is 11.0. The van der Waals surface area contributed by atoms with Gasteiger partial charge in [-0.05, 0) is 57.0 Å². The number of halogens is 2. The largest absolute Gasteiger partial charge is 0.336 e. The summed E-state index contributed by atoms with van der Waals surface area (Å²) < 4.78 is 0. The average Bonchev–Trinajstić information content (AvgIpc) is 2.74. The van der Waals surface area contributed by atoms with Crippen LogP contribution in [0.2, 0.25) is 10.0 Å². The Morgan fingerprint density at radius 2 is 1.84 bits per heavy atom. The molecule has 1 N–H and O–H groups in total. The maximum atomic E-state index is 13.0. The molecule has 0 radical (unpaired) electrons. The van der Waals surface area contributed by atoms with Gasteiger partial charge in [0, 0.05) is 48.2 Å². The highest BCUT2D eigenvalue weighted by molar-refractivity contribution is 6.42. The van der Waals surface area contributed by atoms with Crippen molar-refractivity contribution in [3.63, 3.8) is 0 Å². The van der Waals surface area contributed by atoms with Crippen molar-refractivity contribution in [2.75, 3.05) is 0 Å². The fraction of sp³-hybridized carbons (Fsp3) is 0.304. The lowest BCUT2D eigenvalue weighted by Gasteiger charge is -2.27. The first-order chi connectivity index (χ1) is 14.8. The number of pyridine rings is 1. The topological polar surface area (TPSA) is 79.0 Å². The minimum atomic E-state index is -0.229. The van der Waals surface area contributed by atoms with Crippen molar-refractivity contribution in [3.8, 4) is 11.4 Å². The fourth-order valence-corrected chi connectivity index (χ4v) is 3.64. The van der Waals surface area contributed by atoms with Gasteiger partial charge in [-0.3, -0.25) is 14.6 Å². The third-order valence-corrected chi connectivity index (χ3v) is 5.78. The standard InChI is InChI=1S/C23H24Cl2N4O2/c1-14(2)29(13-16-4-6-19(24)20(25)12-16)21(30)7-5-18-15(3)27-22(28-23(18)31)17-8-10-26-11-9-17/h4,6,8-12,14H,5,7,13H2,1-3H3,(H,27,28,31). The number of aryl methyl sites for hydroxylation is 1. The second-order valence-electron chi connectivity index (χ2n) is 7.58. The van der Waals surface area contributed by atoms with E-state index in [1.165, 1.54) is 0 Å². The van der Waals surface area contributed by atoms with Crippen LogP contribution in [0.1, 0.15) is 37.1 Å². The van der Waals surface area contributed by atoms with Crippen LogP contribution in [-0.4, -0.2) is 31.8 Å². The summed E-state index contributed by atoms with van der Waals surface area (Å²) in [6.07, 6.45) is 3.81. The van der Waals surface area contributed by atoms with Crippen LogP contribution in [0.4, 0.5) is 0 Å². The Balaban J connectivity index is 1.73. The van der Waals surface area contributed by atoms with Crippen molar-refractivity contribution in [2.24, 2.45) is 0 Å². The molecular formula is C23H24Cl2N4O2. The molecule has 2 heterocycles. The number of amides is 1. The summed E-state index contributed by atoms with van der Waals surface area (Å²) in [6.45, 7) is 6.12. The summed E-state index contributed by atoms with van der Waals surface area (Å²) in [5.74, 6) is 0.446. The number of hydrogen-bond donors (Lipinski definition) is 1. The summed E-state index contributed by atoms with van der Waals surface area (Å²) in [4.78, 5) is 38.7. The molecular weight excluding hydrogens is 435 g/mol. The number of hydrogen-bond acceptors (Lipinski definition) is 4. The number of carbonyl (C=O) groups excluding carboxylic acids is 1. The average molecular weight is 459 g/mol. The van der Waals surface area contributed by atoms with E-state index in [1.54, 1.807) is 48.5 Å². The van der Waals surface area contributed by atoms with Gasteiger partial charge < -0.3 is 9.88 Å². The molecule has 2 aromatic heterocycles. The van der Waals surface area contributed by atoms with Crippen molar-refractivity contribution < 1.29 is 4.79 Å². The van der Waals surface area contributed by atoms with Crippen LogP contribution < -0.4 is 5.56 Å². The molecule has 0 bridgehead atoms. The van der Waals surface area contributed by atoms with Gasteiger partial charge in [0.2, 0.25) is 5.91 Å². The predicted octanol–water partition coefficient (Wildman–Crippen LogP) is 4.82. The van der Waals surface area contributed by atoms with Gasteiger partial charge in [0.25, 0.3) is 5.56 Å². The summed E-state index contributed by atoms with van der Waals surface area (Å²) in [7, 11) is 0. The number of benzene rings is 1. The maximum absolute atomic E-state index is 13.0. The maximum Gasteiger partial charge on any atom is 0.254 e. The van der Waals surface area contributed by atoms with Gasteiger partial charge in [0.15, 0.2) is 0 Å². The van der Waals surface area contributed by atoms with E-state index in [2.05, 4.69) is 15.0 Å². The Morgan fingerprint density at radius 3 is 2.45 bits per heavy atom. The summed E-state index contributed by atoms with van der Waals surface area (Å²) in [5, 5.41) is 0.933. The highest BCUT2D eigenvalue weighted by Gasteiger charge is 2.19. The van der Waals surface area contributed by atoms with Gasteiger partial charge >= 0.3 is 0 Å². The molecule has 3 aromatic rings. The lowest BCUT2D eigenvalue weighted by Crippen LogP contribution is -2.36. The van der Waals surface area contributed by atoms with Crippen LogP contribution in [-0.2, 0) is 17.8 Å². The van der Waals surface area contributed by atoms with Gasteiger partial charge in [0.1, 0.15) is 5.82 Å². The van der Waals surface area contributed by atoms with E-state index in [0.717, 1.165) is 11.1 Å². The van der Waals surface area contributed by atoms with Gasteiger partial charge in [-0.25, -0.2) is 4.98 Å². The minimum Gasteiger partial charge on any atom is -0.336 e. The molecule has 0 aliphatic rings. The monoisotopic (exact) mass is 458 g/mol. The lowest BCUT2D eigenvalue weighted by atomic mass is 10.1. The predicted molar refractivity (Wildman–Crippen MR) is 123 cm³/mol. The second-order valence-corrected chi connectivity index (χ2v) is 8.39. The Bertz CT molecular complexity index is 1130. The van der Waals surface area contributed by atoms with E-state index in [1.807, 2.05) is 19.9 Å². The molecule has 1 aromatic carbocycles. The number of H-pyrrole nitrogens is 1.